The van der Waals surface area contributed by atoms with E-state index < -0.39 is 29.8 Å². The van der Waals surface area contributed by atoms with Crippen LogP contribution in [0.5, 0.6) is 0 Å². The van der Waals surface area contributed by atoms with Crippen molar-refractivity contribution in [1.82, 2.24) is 10.7 Å². The lowest BCUT2D eigenvalue weighted by Gasteiger charge is -2.26. The largest absolute Gasteiger partial charge is 0.460 e. The van der Waals surface area contributed by atoms with Gasteiger partial charge in [0, 0.05) is 24.1 Å². The minimum Gasteiger partial charge on any atom is -0.455 e. The van der Waals surface area contributed by atoms with E-state index in [1.165, 1.54) is 6.92 Å². The van der Waals surface area contributed by atoms with Gasteiger partial charge in [-0.3, -0.25) is 9.59 Å². The molecule has 2 aromatic rings. The fourth-order valence-electron chi connectivity index (χ4n) is 3.47. The fraction of sp³-hybridized carbons (Fsp3) is 0.409. The number of furan rings is 1. The number of carbonyl (C=O) groups is 2. The van der Waals surface area contributed by atoms with Gasteiger partial charge in [-0.25, -0.2) is 5.43 Å². The highest BCUT2D eigenvalue weighted by Gasteiger charge is 2.76. The van der Waals surface area contributed by atoms with E-state index in [1.54, 1.807) is 0 Å². The predicted octanol–water partition coefficient (Wildman–Crippen LogP) is 4.82. The van der Waals surface area contributed by atoms with Crippen molar-refractivity contribution in [3.05, 3.63) is 58.0 Å². The van der Waals surface area contributed by atoms with Crippen LogP contribution in [0.15, 0.2) is 33.8 Å². The van der Waals surface area contributed by atoms with Crippen LogP contribution in [-0.4, -0.2) is 35.5 Å². The molecule has 0 aliphatic heterocycles. The van der Waals surface area contributed by atoms with Crippen LogP contribution in [0.4, 0.5) is 30.7 Å². The molecule has 0 bridgehead atoms. The molecule has 190 valence electrons. The van der Waals surface area contributed by atoms with E-state index in [2.05, 4.69) is 10.4 Å². The molecule has 35 heavy (non-hydrogen) atoms. The van der Waals surface area contributed by atoms with E-state index in [0.29, 0.717) is 12.8 Å². The topological polar surface area (TPSA) is 83.7 Å². The van der Waals surface area contributed by atoms with Gasteiger partial charge in [0.25, 0.3) is 5.91 Å². The molecule has 1 aliphatic rings. The second-order valence-corrected chi connectivity index (χ2v) is 8.02. The monoisotopic (exact) mass is 507 g/mol. The molecule has 1 aliphatic carbocycles. The number of carbonyl (C=O) groups excluding carboxylic acids is 2. The van der Waals surface area contributed by atoms with Gasteiger partial charge in [-0.05, 0) is 32.3 Å². The number of hydrogen-bond acceptors (Lipinski definition) is 4. The normalized spacial score (nSPS) is 15.6. The highest BCUT2D eigenvalue weighted by Crippen LogP contribution is 2.46. The van der Waals surface area contributed by atoms with Gasteiger partial charge in [-0.2, -0.15) is 35.8 Å². The molecule has 0 radical (unpaired) electrons. The van der Waals surface area contributed by atoms with E-state index in [0.717, 1.165) is 16.6 Å². The number of amides is 2. The van der Waals surface area contributed by atoms with Crippen LogP contribution < -0.4 is 10.7 Å². The molecular weight excluding hydrogens is 487 g/mol. The lowest BCUT2D eigenvalue weighted by atomic mass is 9.93. The highest BCUT2D eigenvalue weighted by atomic mass is 19.4. The Morgan fingerprint density at radius 1 is 1.00 bits per heavy atom. The number of nitrogens with zero attached hydrogens (tertiary/aromatic N) is 1. The first-order chi connectivity index (χ1) is 16.2. The van der Waals surface area contributed by atoms with Crippen molar-refractivity contribution in [1.29, 1.82) is 0 Å². The van der Waals surface area contributed by atoms with Crippen LogP contribution >= 0.6 is 0 Å². The van der Waals surface area contributed by atoms with E-state index in [1.807, 2.05) is 31.2 Å². The lowest BCUT2D eigenvalue weighted by molar-refractivity contribution is -0.344. The Hall–Kier alpha value is -3.38. The summed E-state index contributed by atoms with van der Waals surface area (Å²) in [6, 6.07) is 7.37. The van der Waals surface area contributed by atoms with Crippen LogP contribution in [0.1, 0.15) is 51.4 Å². The van der Waals surface area contributed by atoms with Gasteiger partial charge in [0.2, 0.25) is 0 Å². The minimum atomic E-state index is -6.65. The highest BCUT2D eigenvalue weighted by molar-refractivity contribution is 6.06. The van der Waals surface area contributed by atoms with Crippen molar-refractivity contribution < 1.29 is 44.7 Å². The quantitative estimate of drug-likeness (QED) is 0.435. The first kappa shape index (κ1) is 26.2. The molecule has 0 atom stereocenters. The van der Waals surface area contributed by atoms with Gasteiger partial charge in [0.15, 0.2) is 5.76 Å². The van der Waals surface area contributed by atoms with Gasteiger partial charge in [-0.15, -0.1) is 0 Å². The van der Waals surface area contributed by atoms with Gasteiger partial charge in [-0.1, -0.05) is 29.8 Å². The second-order valence-electron chi connectivity index (χ2n) is 8.02. The number of aryl methyl sites for hydroxylation is 2. The van der Waals surface area contributed by atoms with Crippen molar-refractivity contribution in [2.75, 3.05) is 0 Å². The summed E-state index contributed by atoms with van der Waals surface area (Å²) < 4.78 is 95.8. The average Bonchev–Trinajstić information content (AvgIpc) is 3.13. The van der Waals surface area contributed by atoms with E-state index >= 15 is 0 Å². The maximum atomic E-state index is 13.6. The Morgan fingerprint density at radius 3 is 2.23 bits per heavy atom. The molecular formula is C22H20F7N3O3. The predicted molar refractivity (Wildman–Crippen MR) is 109 cm³/mol. The summed E-state index contributed by atoms with van der Waals surface area (Å²) in [5, 5.41) is 6.04. The van der Waals surface area contributed by atoms with Gasteiger partial charge in [0.1, 0.15) is 5.76 Å². The molecule has 6 nitrogen and oxygen atoms in total. The van der Waals surface area contributed by atoms with E-state index in [9.17, 15) is 40.3 Å². The maximum absolute atomic E-state index is 13.6. The maximum Gasteiger partial charge on any atom is 0.460 e. The smallest absolute Gasteiger partial charge is 0.455 e. The number of rotatable bonds is 6. The lowest BCUT2D eigenvalue weighted by Crippen LogP contribution is -2.58. The molecule has 1 aromatic carbocycles. The number of nitrogens with one attached hydrogen (secondary N) is 2. The summed E-state index contributed by atoms with van der Waals surface area (Å²) >= 11 is 0. The van der Waals surface area contributed by atoms with E-state index in [4.69, 9.17) is 4.42 Å². The Morgan fingerprint density at radius 2 is 1.63 bits per heavy atom. The summed E-state index contributed by atoms with van der Waals surface area (Å²) in [6.45, 7) is 3.56. The molecule has 0 saturated heterocycles. The Labute approximate surface area is 194 Å². The summed E-state index contributed by atoms with van der Waals surface area (Å²) in [6.07, 6.45) is -5.91. The summed E-state index contributed by atoms with van der Waals surface area (Å²) in [4.78, 5) is 24.1. The summed E-state index contributed by atoms with van der Waals surface area (Å²) in [5.74, 6) is -16.1. The van der Waals surface area contributed by atoms with Gasteiger partial charge >= 0.3 is 23.9 Å². The molecule has 1 aromatic heterocycles. The van der Waals surface area contributed by atoms with Crippen LogP contribution in [0, 0.1) is 13.8 Å². The number of benzene rings is 1. The first-order valence-electron chi connectivity index (χ1n) is 10.3. The SMILES string of the molecule is Cc1ccc(CNC(=O)c2oc3c(c2C)/C(=N/NC(=O)C(F)(F)C(F)(F)C(F)(F)F)CCC3)cc1. The molecule has 2 amide bonds. The number of halogens is 7. The van der Waals surface area contributed by atoms with Crippen molar-refractivity contribution in [3.63, 3.8) is 0 Å². The van der Waals surface area contributed by atoms with Crippen molar-refractivity contribution >= 4 is 17.5 Å². The Kier molecular flexibility index (Phi) is 7.00. The minimum absolute atomic E-state index is 0.0688. The molecule has 13 heteroatoms. The number of hydrogen-bond donors (Lipinski definition) is 2. The van der Waals surface area contributed by atoms with Crippen LogP contribution in [-0.2, 0) is 17.8 Å². The molecule has 0 fully saturated rings. The third-order valence-corrected chi connectivity index (χ3v) is 5.43. The molecule has 0 saturated carbocycles. The molecule has 1 heterocycles. The second kappa shape index (κ2) is 9.34. The van der Waals surface area contributed by atoms with E-state index in [-0.39, 0.29) is 41.3 Å². The Balaban J connectivity index is 1.79. The van der Waals surface area contributed by atoms with Crippen LogP contribution in [0.25, 0.3) is 0 Å². The zero-order chi connectivity index (χ0) is 26.2. The van der Waals surface area contributed by atoms with Crippen molar-refractivity contribution in [2.45, 2.75) is 57.7 Å². The summed E-state index contributed by atoms with van der Waals surface area (Å²) in [5.41, 5.74) is 3.32. The molecule has 0 spiro atoms. The van der Waals surface area contributed by atoms with Crippen molar-refractivity contribution in [2.24, 2.45) is 5.10 Å². The molecule has 2 N–H and O–H groups in total. The zero-order valence-electron chi connectivity index (χ0n) is 18.5. The Bertz CT molecular complexity index is 1150. The first-order valence-corrected chi connectivity index (χ1v) is 10.3. The standard InChI is InChI=1S/C22H20F7N3O3/c1-11-6-8-13(9-7-11)10-30-18(33)17-12(2)16-14(4-3-5-15(16)35-17)31-32-19(34)20(23,24)21(25,26)22(27,28)29/h6-9H,3-5,10H2,1-2H3,(H,30,33)(H,32,34)/b31-14+. The number of alkyl halides is 7. The third kappa shape index (κ3) is 5.03. The fourth-order valence-corrected chi connectivity index (χ4v) is 3.47. The number of fused-ring (bicyclic) bond motifs is 1. The van der Waals surface area contributed by atoms with Gasteiger partial charge < -0.3 is 9.73 Å². The van der Waals surface area contributed by atoms with Crippen LogP contribution in [0.3, 0.4) is 0 Å². The number of hydrazone groups is 1. The summed E-state index contributed by atoms with van der Waals surface area (Å²) in [7, 11) is 0. The van der Waals surface area contributed by atoms with Gasteiger partial charge in [0.05, 0.1) is 5.71 Å². The van der Waals surface area contributed by atoms with Crippen LogP contribution in [0.2, 0.25) is 0 Å². The zero-order valence-corrected chi connectivity index (χ0v) is 18.5. The van der Waals surface area contributed by atoms with Crippen molar-refractivity contribution in [3.8, 4) is 0 Å². The third-order valence-electron chi connectivity index (χ3n) is 5.43. The molecule has 0 unspecified atom stereocenters. The molecule has 3 rings (SSSR count). The average molecular weight is 507 g/mol.